The number of hydrogen-bond acceptors (Lipinski definition) is 7. The van der Waals surface area contributed by atoms with Crippen LogP contribution >= 0.6 is 11.3 Å². The first-order valence-electron chi connectivity index (χ1n) is 10.7. The fourth-order valence-electron chi connectivity index (χ4n) is 3.33. The Morgan fingerprint density at radius 2 is 1.79 bits per heavy atom. The Bertz CT molecular complexity index is 1310. The van der Waals surface area contributed by atoms with Crippen LogP contribution in [0.4, 0.5) is 4.39 Å². The maximum atomic E-state index is 13.1. The molecule has 1 aromatic heterocycles. The molecule has 0 spiro atoms. The molecule has 3 aromatic rings. The van der Waals surface area contributed by atoms with E-state index >= 15 is 0 Å². The van der Waals surface area contributed by atoms with Crippen molar-refractivity contribution in [1.29, 1.82) is 0 Å². The van der Waals surface area contributed by atoms with Crippen LogP contribution in [0.5, 0.6) is 11.5 Å². The number of amides is 1. The SMILES string of the molecule is CCOCCn1c(=NC(=O)CCCS(=O)(=O)c2ccc(F)cc2)sc2cc(OC)c(OC)cc21. The van der Waals surface area contributed by atoms with Crippen molar-refractivity contribution in [1.82, 2.24) is 4.57 Å². The standard InChI is InChI=1S/C23H27FN2O6S2/c1-4-32-12-11-26-18-14-19(30-2)20(31-3)15-21(18)33-23(26)25-22(27)6-5-13-34(28,29)17-9-7-16(24)8-10-17/h7-10,14-15H,4-6,11-13H2,1-3H3. The zero-order valence-electron chi connectivity index (χ0n) is 19.2. The van der Waals surface area contributed by atoms with E-state index in [1.165, 1.54) is 23.5 Å². The van der Waals surface area contributed by atoms with Crippen molar-refractivity contribution in [3.63, 3.8) is 0 Å². The summed E-state index contributed by atoms with van der Waals surface area (Å²) < 4.78 is 56.9. The first-order chi connectivity index (χ1) is 16.3. The van der Waals surface area contributed by atoms with Gasteiger partial charge in [0, 0.05) is 31.7 Å². The van der Waals surface area contributed by atoms with Crippen LogP contribution in [0.2, 0.25) is 0 Å². The van der Waals surface area contributed by atoms with Gasteiger partial charge in [-0.05, 0) is 37.6 Å². The summed E-state index contributed by atoms with van der Waals surface area (Å²) in [5, 5.41) is 0. The molecule has 0 atom stereocenters. The van der Waals surface area contributed by atoms with Crippen molar-refractivity contribution in [3.8, 4) is 11.5 Å². The Hall–Kier alpha value is -2.76. The molecule has 0 aliphatic heterocycles. The minimum atomic E-state index is -3.61. The van der Waals surface area contributed by atoms with Gasteiger partial charge in [-0.25, -0.2) is 12.8 Å². The minimum Gasteiger partial charge on any atom is -0.493 e. The number of benzene rings is 2. The largest absolute Gasteiger partial charge is 0.493 e. The molecule has 0 radical (unpaired) electrons. The predicted octanol–water partition coefficient (Wildman–Crippen LogP) is 3.58. The van der Waals surface area contributed by atoms with Crippen LogP contribution in [0.1, 0.15) is 19.8 Å². The van der Waals surface area contributed by atoms with Crippen molar-refractivity contribution in [3.05, 3.63) is 47.0 Å². The number of carbonyl (C=O) groups excluding carboxylic acids is 1. The van der Waals surface area contributed by atoms with Crippen molar-refractivity contribution < 1.29 is 31.8 Å². The second-order valence-corrected chi connectivity index (χ2v) is 10.4. The number of rotatable bonds is 11. The van der Waals surface area contributed by atoms with Gasteiger partial charge in [0.2, 0.25) is 5.91 Å². The first kappa shape index (κ1) is 25.9. The van der Waals surface area contributed by atoms with Gasteiger partial charge in [-0.15, -0.1) is 0 Å². The smallest absolute Gasteiger partial charge is 0.248 e. The summed E-state index contributed by atoms with van der Waals surface area (Å²) in [4.78, 5) is 17.3. The van der Waals surface area contributed by atoms with E-state index in [4.69, 9.17) is 14.2 Å². The second kappa shape index (κ2) is 11.6. The molecule has 0 N–H and O–H groups in total. The predicted molar refractivity (Wildman–Crippen MR) is 128 cm³/mol. The van der Waals surface area contributed by atoms with E-state index in [0.717, 1.165) is 22.3 Å². The third-order valence-corrected chi connectivity index (χ3v) is 7.91. The van der Waals surface area contributed by atoms with Crippen molar-refractivity contribution in [2.24, 2.45) is 4.99 Å². The summed E-state index contributed by atoms with van der Waals surface area (Å²) in [5.41, 5.74) is 0.827. The summed E-state index contributed by atoms with van der Waals surface area (Å²) in [6.07, 6.45) is 0.0697. The first-order valence-corrected chi connectivity index (χ1v) is 13.1. The molecule has 0 bridgehead atoms. The molecule has 0 saturated heterocycles. The summed E-state index contributed by atoms with van der Waals surface area (Å²) in [6, 6.07) is 8.29. The van der Waals surface area contributed by atoms with Gasteiger partial charge >= 0.3 is 0 Å². The number of nitrogens with zero attached hydrogens (tertiary/aromatic N) is 2. The molecule has 0 unspecified atom stereocenters. The quantitative estimate of drug-likeness (QED) is 0.289. The van der Waals surface area contributed by atoms with E-state index < -0.39 is 21.6 Å². The highest BCUT2D eigenvalue weighted by molar-refractivity contribution is 7.91. The Kier molecular flexibility index (Phi) is 8.81. The van der Waals surface area contributed by atoms with Gasteiger partial charge < -0.3 is 18.8 Å². The summed E-state index contributed by atoms with van der Waals surface area (Å²) in [7, 11) is -0.510. The van der Waals surface area contributed by atoms with Gasteiger partial charge in [-0.1, -0.05) is 11.3 Å². The molecule has 8 nitrogen and oxygen atoms in total. The third kappa shape index (κ3) is 6.22. The van der Waals surface area contributed by atoms with Crippen LogP contribution in [0.25, 0.3) is 10.2 Å². The molecule has 2 aromatic carbocycles. The minimum absolute atomic E-state index is 0.0273. The second-order valence-electron chi connectivity index (χ2n) is 7.29. The van der Waals surface area contributed by atoms with Gasteiger partial charge in [-0.2, -0.15) is 4.99 Å². The van der Waals surface area contributed by atoms with Crippen LogP contribution in [-0.4, -0.2) is 52.1 Å². The maximum Gasteiger partial charge on any atom is 0.248 e. The molecule has 1 amide bonds. The molecule has 11 heteroatoms. The molecule has 184 valence electrons. The Morgan fingerprint density at radius 1 is 1.12 bits per heavy atom. The van der Waals surface area contributed by atoms with Gasteiger partial charge in [0.1, 0.15) is 5.82 Å². The Balaban J connectivity index is 1.82. The number of carbonyl (C=O) groups is 1. The van der Waals surface area contributed by atoms with Crippen LogP contribution in [0, 0.1) is 5.82 Å². The van der Waals surface area contributed by atoms with E-state index in [-0.39, 0.29) is 23.5 Å². The molecule has 0 aliphatic carbocycles. The molecule has 0 fully saturated rings. The molecular formula is C23H27FN2O6S2. The molecule has 1 heterocycles. The lowest BCUT2D eigenvalue weighted by Crippen LogP contribution is -2.20. The highest BCUT2D eigenvalue weighted by Crippen LogP contribution is 2.33. The lowest BCUT2D eigenvalue weighted by molar-refractivity contribution is -0.118. The number of methoxy groups -OCH3 is 2. The highest BCUT2D eigenvalue weighted by Gasteiger charge is 2.16. The van der Waals surface area contributed by atoms with Crippen LogP contribution < -0.4 is 14.3 Å². The molecule has 0 aliphatic rings. The highest BCUT2D eigenvalue weighted by atomic mass is 32.2. The average Bonchev–Trinajstić information content (AvgIpc) is 3.14. The van der Waals surface area contributed by atoms with E-state index in [1.807, 2.05) is 23.6 Å². The average molecular weight is 511 g/mol. The van der Waals surface area contributed by atoms with Crippen molar-refractivity contribution >= 4 is 37.3 Å². The zero-order chi connectivity index (χ0) is 24.7. The number of ether oxygens (including phenoxy) is 3. The maximum absolute atomic E-state index is 13.1. The van der Waals surface area contributed by atoms with E-state index in [1.54, 1.807) is 14.2 Å². The van der Waals surface area contributed by atoms with Crippen LogP contribution in [0.15, 0.2) is 46.3 Å². The Labute approximate surface area is 201 Å². The van der Waals surface area contributed by atoms with Crippen LogP contribution in [-0.2, 0) is 25.9 Å². The Morgan fingerprint density at radius 3 is 2.44 bits per heavy atom. The number of thiazole rings is 1. The van der Waals surface area contributed by atoms with Crippen molar-refractivity contribution in [2.45, 2.75) is 31.2 Å². The number of sulfone groups is 1. The third-order valence-electron chi connectivity index (χ3n) is 5.05. The van der Waals surface area contributed by atoms with Gasteiger partial charge in [0.15, 0.2) is 26.1 Å². The molecule has 34 heavy (non-hydrogen) atoms. The fourth-order valence-corrected chi connectivity index (χ4v) is 5.73. The number of fused-ring (bicyclic) bond motifs is 1. The van der Waals surface area contributed by atoms with Gasteiger partial charge in [0.25, 0.3) is 0 Å². The fraction of sp³-hybridized carbons (Fsp3) is 0.391. The van der Waals surface area contributed by atoms with Crippen molar-refractivity contribution in [2.75, 3.05) is 33.2 Å². The summed E-state index contributed by atoms with van der Waals surface area (Å²) >= 11 is 1.33. The monoisotopic (exact) mass is 510 g/mol. The lowest BCUT2D eigenvalue weighted by Gasteiger charge is -2.09. The zero-order valence-corrected chi connectivity index (χ0v) is 20.9. The lowest BCUT2D eigenvalue weighted by atomic mass is 10.3. The molecule has 0 saturated carbocycles. The van der Waals surface area contributed by atoms with Crippen LogP contribution in [0.3, 0.4) is 0 Å². The van der Waals surface area contributed by atoms with Gasteiger partial charge in [-0.3, -0.25) is 4.79 Å². The molecular weight excluding hydrogens is 483 g/mol. The number of hydrogen-bond donors (Lipinski definition) is 0. The molecule has 3 rings (SSSR count). The summed E-state index contributed by atoms with van der Waals surface area (Å²) in [6.45, 7) is 3.38. The van der Waals surface area contributed by atoms with Gasteiger partial charge in [0.05, 0.1) is 41.7 Å². The number of aromatic nitrogens is 1. The van der Waals surface area contributed by atoms with E-state index in [9.17, 15) is 17.6 Å². The van der Waals surface area contributed by atoms with E-state index in [0.29, 0.717) is 36.1 Å². The number of halogens is 1. The van der Waals surface area contributed by atoms with E-state index in [2.05, 4.69) is 4.99 Å². The topological polar surface area (TPSA) is 96.2 Å². The summed E-state index contributed by atoms with van der Waals surface area (Å²) in [5.74, 6) is -0.0431. The normalized spacial score (nSPS) is 12.3.